The minimum Gasteiger partial charge on any atom is -0.491 e. The molecule has 3 nitrogen and oxygen atoms in total. The standard InChI is InChI=1S/C14H20N2O/c1-11(2)17-13-7-5-12(6-8-13)14(9-10-15)16(3)4/h5-8,11,14H,9H2,1-4H3. The molecule has 92 valence electrons. The maximum atomic E-state index is 8.82. The van der Waals surface area contributed by atoms with Crippen LogP contribution in [0.3, 0.4) is 0 Å². The molecule has 0 radical (unpaired) electrons. The molecule has 0 aliphatic carbocycles. The number of hydrogen-bond acceptors (Lipinski definition) is 3. The lowest BCUT2D eigenvalue weighted by molar-refractivity contribution is 0.242. The molecular weight excluding hydrogens is 212 g/mol. The predicted molar refractivity (Wildman–Crippen MR) is 68.9 cm³/mol. The first kappa shape index (κ1) is 13.5. The predicted octanol–water partition coefficient (Wildman–Crippen LogP) is 2.99. The summed E-state index contributed by atoms with van der Waals surface area (Å²) in [5.41, 5.74) is 1.15. The van der Waals surface area contributed by atoms with Crippen LogP contribution >= 0.6 is 0 Å². The second-order valence-corrected chi connectivity index (χ2v) is 4.58. The van der Waals surface area contributed by atoms with Crippen molar-refractivity contribution in [1.29, 1.82) is 5.26 Å². The van der Waals surface area contributed by atoms with Gasteiger partial charge in [0.15, 0.2) is 0 Å². The molecule has 0 heterocycles. The molecule has 0 fully saturated rings. The van der Waals surface area contributed by atoms with Crippen molar-refractivity contribution in [2.45, 2.75) is 32.4 Å². The summed E-state index contributed by atoms with van der Waals surface area (Å²) in [6.45, 7) is 4.01. The first-order valence-corrected chi connectivity index (χ1v) is 5.84. The van der Waals surface area contributed by atoms with Crippen LogP contribution in [0.25, 0.3) is 0 Å². The first-order chi connectivity index (χ1) is 8.04. The van der Waals surface area contributed by atoms with Crippen molar-refractivity contribution in [3.63, 3.8) is 0 Å². The average Bonchev–Trinajstić information content (AvgIpc) is 2.26. The molecule has 1 rings (SSSR count). The van der Waals surface area contributed by atoms with Crippen molar-refractivity contribution in [1.82, 2.24) is 4.90 Å². The van der Waals surface area contributed by atoms with Crippen LogP contribution in [0.2, 0.25) is 0 Å². The molecule has 0 N–H and O–H groups in total. The fraction of sp³-hybridized carbons (Fsp3) is 0.500. The Bertz CT molecular complexity index is 376. The molecule has 17 heavy (non-hydrogen) atoms. The van der Waals surface area contributed by atoms with Gasteiger partial charge < -0.3 is 9.64 Å². The minimum atomic E-state index is 0.146. The lowest BCUT2D eigenvalue weighted by atomic mass is 10.0. The summed E-state index contributed by atoms with van der Waals surface area (Å²) in [4.78, 5) is 2.06. The van der Waals surface area contributed by atoms with Crippen molar-refractivity contribution >= 4 is 0 Å². The fourth-order valence-corrected chi connectivity index (χ4v) is 1.73. The molecule has 3 heteroatoms. The summed E-state index contributed by atoms with van der Waals surface area (Å²) in [5, 5.41) is 8.82. The number of rotatable bonds is 5. The van der Waals surface area contributed by atoms with Gasteiger partial charge in [0.2, 0.25) is 0 Å². The third-order valence-corrected chi connectivity index (χ3v) is 2.54. The molecule has 1 unspecified atom stereocenters. The van der Waals surface area contributed by atoms with E-state index in [0.717, 1.165) is 11.3 Å². The second-order valence-electron chi connectivity index (χ2n) is 4.58. The molecule has 0 bridgehead atoms. The molecule has 1 aromatic carbocycles. The van der Waals surface area contributed by atoms with Crippen molar-refractivity contribution in [3.8, 4) is 11.8 Å². The first-order valence-electron chi connectivity index (χ1n) is 5.84. The summed E-state index contributed by atoms with van der Waals surface area (Å²) < 4.78 is 5.59. The molecule has 0 aliphatic heterocycles. The number of hydrogen-bond donors (Lipinski definition) is 0. The lowest BCUT2D eigenvalue weighted by Gasteiger charge is -2.22. The molecule has 0 amide bonds. The summed E-state index contributed by atoms with van der Waals surface area (Å²) in [6.07, 6.45) is 0.682. The second kappa shape index (κ2) is 6.27. The van der Waals surface area contributed by atoms with E-state index in [1.165, 1.54) is 0 Å². The number of nitriles is 1. The highest BCUT2D eigenvalue weighted by atomic mass is 16.5. The normalized spacial score (nSPS) is 12.5. The topological polar surface area (TPSA) is 36.3 Å². The Morgan fingerprint density at radius 3 is 2.24 bits per heavy atom. The lowest BCUT2D eigenvalue weighted by Crippen LogP contribution is -2.19. The van der Waals surface area contributed by atoms with Gasteiger partial charge in [-0.05, 0) is 45.6 Å². The van der Waals surface area contributed by atoms with Crippen LogP contribution in [0, 0.1) is 11.3 Å². The Morgan fingerprint density at radius 1 is 1.24 bits per heavy atom. The molecular formula is C14H20N2O. The van der Waals surface area contributed by atoms with Crippen LogP contribution in [-0.4, -0.2) is 25.1 Å². The van der Waals surface area contributed by atoms with Crippen LogP contribution in [0.1, 0.15) is 31.9 Å². The highest BCUT2D eigenvalue weighted by Crippen LogP contribution is 2.24. The zero-order valence-electron chi connectivity index (χ0n) is 11.0. The van der Waals surface area contributed by atoms with Crippen molar-refractivity contribution in [2.24, 2.45) is 0 Å². The van der Waals surface area contributed by atoms with Gasteiger partial charge in [0, 0.05) is 6.04 Å². The van der Waals surface area contributed by atoms with E-state index >= 15 is 0 Å². The molecule has 0 saturated carbocycles. The SMILES string of the molecule is CC(C)Oc1ccc(C(CC#N)N(C)C)cc1. The quantitative estimate of drug-likeness (QED) is 0.783. The largest absolute Gasteiger partial charge is 0.491 e. The van der Waals surface area contributed by atoms with Gasteiger partial charge in [0.05, 0.1) is 18.6 Å². The van der Waals surface area contributed by atoms with Crippen LogP contribution < -0.4 is 4.74 Å². The maximum absolute atomic E-state index is 8.82. The van der Waals surface area contributed by atoms with Gasteiger partial charge in [-0.25, -0.2) is 0 Å². The van der Waals surface area contributed by atoms with Gasteiger partial charge >= 0.3 is 0 Å². The van der Waals surface area contributed by atoms with E-state index in [2.05, 4.69) is 11.0 Å². The highest BCUT2D eigenvalue weighted by molar-refractivity contribution is 5.29. The van der Waals surface area contributed by atoms with Crippen LogP contribution in [-0.2, 0) is 0 Å². The Morgan fingerprint density at radius 2 is 1.82 bits per heavy atom. The van der Waals surface area contributed by atoms with E-state index in [-0.39, 0.29) is 12.1 Å². The number of ether oxygens (including phenoxy) is 1. The number of benzene rings is 1. The van der Waals surface area contributed by atoms with Crippen molar-refractivity contribution < 1.29 is 4.74 Å². The molecule has 1 aromatic rings. The maximum Gasteiger partial charge on any atom is 0.119 e. The summed E-state index contributed by atoms with van der Waals surface area (Å²) in [6, 6.07) is 10.3. The molecule has 1 atom stereocenters. The molecule has 0 aromatic heterocycles. The van der Waals surface area contributed by atoms with Gasteiger partial charge in [-0.15, -0.1) is 0 Å². The third-order valence-electron chi connectivity index (χ3n) is 2.54. The Labute approximate surface area is 104 Å². The fourth-order valence-electron chi connectivity index (χ4n) is 1.73. The Balaban J connectivity index is 2.81. The molecule has 0 spiro atoms. The molecule has 0 aliphatic rings. The average molecular weight is 232 g/mol. The minimum absolute atomic E-state index is 0.146. The Kier molecular flexibility index (Phi) is 4.99. The smallest absolute Gasteiger partial charge is 0.119 e. The van der Waals surface area contributed by atoms with E-state index in [0.29, 0.717) is 6.42 Å². The van der Waals surface area contributed by atoms with Gasteiger partial charge in [-0.3, -0.25) is 0 Å². The van der Waals surface area contributed by atoms with E-state index in [1.807, 2.05) is 52.2 Å². The van der Waals surface area contributed by atoms with Crippen LogP contribution in [0.5, 0.6) is 5.75 Å². The van der Waals surface area contributed by atoms with Gasteiger partial charge in [-0.2, -0.15) is 5.26 Å². The number of nitrogens with zero attached hydrogens (tertiary/aromatic N) is 2. The van der Waals surface area contributed by atoms with Gasteiger partial charge in [0.25, 0.3) is 0 Å². The zero-order valence-corrected chi connectivity index (χ0v) is 11.0. The van der Waals surface area contributed by atoms with E-state index < -0.39 is 0 Å². The third kappa shape index (κ3) is 4.08. The van der Waals surface area contributed by atoms with E-state index in [1.54, 1.807) is 0 Å². The highest BCUT2D eigenvalue weighted by Gasteiger charge is 2.13. The van der Waals surface area contributed by atoms with Crippen molar-refractivity contribution in [2.75, 3.05) is 14.1 Å². The van der Waals surface area contributed by atoms with Crippen LogP contribution in [0.4, 0.5) is 0 Å². The van der Waals surface area contributed by atoms with Crippen molar-refractivity contribution in [3.05, 3.63) is 29.8 Å². The summed E-state index contributed by atoms with van der Waals surface area (Å²) in [7, 11) is 3.97. The monoisotopic (exact) mass is 232 g/mol. The van der Waals surface area contributed by atoms with Crippen LogP contribution in [0.15, 0.2) is 24.3 Å². The summed E-state index contributed by atoms with van der Waals surface area (Å²) >= 11 is 0. The Hall–Kier alpha value is -1.53. The van der Waals surface area contributed by atoms with E-state index in [9.17, 15) is 0 Å². The summed E-state index contributed by atoms with van der Waals surface area (Å²) in [5.74, 6) is 0.873. The van der Waals surface area contributed by atoms with Gasteiger partial charge in [0.1, 0.15) is 5.75 Å². The van der Waals surface area contributed by atoms with E-state index in [4.69, 9.17) is 10.00 Å². The van der Waals surface area contributed by atoms with Gasteiger partial charge in [-0.1, -0.05) is 12.1 Å². The zero-order chi connectivity index (χ0) is 12.8. The molecule has 0 saturated heterocycles.